The largest absolute Gasteiger partial charge is 0.480 e. The van der Waals surface area contributed by atoms with Gasteiger partial charge in [-0.15, -0.1) is 0 Å². The fourth-order valence-corrected chi connectivity index (χ4v) is 2.66. The Hall–Kier alpha value is -2.11. The number of halogens is 1. The summed E-state index contributed by atoms with van der Waals surface area (Å²) in [5.74, 6) is -1.50. The Bertz CT molecular complexity index is 582. The van der Waals surface area contributed by atoms with Gasteiger partial charge in [0.1, 0.15) is 17.5 Å². The Morgan fingerprint density at radius 1 is 1.32 bits per heavy atom. The fraction of sp³-hybridized carbons (Fsp3) is 0.500. The number of carbonyl (C=O) groups excluding carboxylic acids is 1. The molecule has 1 heterocycles. The van der Waals surface area contributed by atoms with E-state index in [-0.39, 0.29) is 0 Å². The summed E-state index contributed by atoms with van der Waals surface area (Å²) in [5.41, 5.74) is -0.149. The number of likely N-dealkylation sites (tertiary alicyclic amines) is 1. The topological polar surface area (TPSA) is 66.8 Å². The lowest BCUT2D eigenvalue weighted by atomic mass is 10.0. The smallest absolute Gasteiger partial charge is 0.411 e. The molecule has 2 rings (SSSR count). The van der Waals surface area contributed by atoms with Crippen molar-refractivity contribution < 1.29 is 23.8 Å². The first-order chi connectivity index (χ1) is 10.2. The van der Waals surface area contributed by atoms with Gasteiger partial charge in [0.05, 0.1) is 6.04 Å². The molecule has 5 nitrogen and oxygen atoms in total. The summed E-state index contributed by atoms with van der Waals surface area (Å²) in [6.45, 7) is 5.15. The van der Waals surface area contributed by atoms with Crippen LogP contribution in [0.5, 0.6) is 0 Å². The molecule has 1 fully saturated rings. The van der Waals surface area contributed by atoms with Crippen LogP contribution in [0, 0.1) is 5.82 Å². The molecule has 0 aliphatic carbocycles. The molecule has 1 N–H and O–H groups in total. The standard InChI is InChI=1S/C16H20FNO4/c1-16(2,3)22-15(21)18-12(7-8-13(18)14(19)20)10-5-4-6-11(17)9-10/h4-6,9,12-13H,7-8H2,1-3H3,(H,19,20)/t12?,13-/m0/s1. The van der Waals surface area contributed by atoms with Crippen LogP contribution < -0.4 is 0 Å². The third-order valence-electron chi connectivity index (χ3n) is 3.51. The zero-order valence-corrected chi connectivity index (χ0v) is 12.9. The molecule has 0 saturated carbocycles. The molecule has 6 heteroatoms. The maximum atomic E-state index is 13.4. The number of amides is 1. The Kier molecular flexibility index (Phi) is 4.39. The molecule has 0 bridgehead atoms. The van der Waals surface area contributed by atoms with E-state index in [2.05, 4.69) is 0 Å². The Morgan fingerprint density at radius 2 is 2.00 bits per heavy atom. The van der Waals surface area contributed by atoms with E-state index < -0.39 is 35.6 Å². The minimum Gasteiger partial charge on any atom is -0.480 e. The molecule has 120 valence electrons. The molecule has 1 aromatic rings. The molecule has 1 amide bonds. The van der Waals surface area contributed by atoms with Gasteiger partial charge in [0.25, 0.3) is 0 Å². The minimum atomic E-state index is -1.08. The molecule has 1 aliphatic rings. The van der Waals surface area contributed by atoms with Gasteiger partial charge in [-0.3, -0.25) is 4.90 Å². The Morgan fingerprint density at radius 3 is 2.55 bits per heavy atom. The normalized spacial score (nSPS) is 21.7. The van der Waals surface area contributed by atoms with Gasteiger partial charge in [-0.05, 0) is 51.3 Å². The van der Waals surface area contributed by atoms with E-state index in [0.29, 0.717) is 18.4 Å². The van der Waals surface area contributed by atoms with Crippen molar-refractivity contribution in [2.75, 3.05) is 0 Å². The first-order valence-corrected chi connectivity index (χ1v) is 7.18. The van der Waals surface area contributed by atoms with Crippen molar-refractivity contribution in [3.05, 3.63) is 35.6 Å². The summed E-state index contributed by atoms with van der Waals surface area (Å²) in [4.78, 5) is 25.0. The Balaban J connectivity index is 2.32. The van der Waals surface area contributed by atoms with Crippen molar-refractivity contribution in [3.8, 4) is 0 Å². The van der Waals surface area contributed by atoms with E-state index in [1.165, 1.54) is 17.0 Å². The predicted octanol–water partition coefficient (Wildman–Crippen LogP) is 3.35. The van der Waals surface area contributed by atoms with E-state index in [1.54, 1.807) is 32.9 Å². The van der Waals surface area contributed by atoms with Crippen LogP contribution in [0.1, 0.15) is 45.2 Å². The van der Waals surface area contributed by atoms with Crippen LogP contribution in [0.2, 0.25) is 0 Å². The number of nitrogens with zero attached hydrogens (tertiary/aromatic N) is 1. The van der Waals surface area contributed by atoms with Crippen LogP contribution in [0.25, 0.3) is 0 Å². The first kappa shape index (κ1) is 16.3. The lowest BCUT2D eigenvalue weighted by molar-refractivity contribution is -0.142. The lowest BCUT2D eigenvalue weighted by Gasteiger charge is -2.31. The van der Waals surface area contributed by atoms with Crippen LogP contribution in [0.4, 0.5) is 9.18 Å². The van der Waals surface area contributed by atoms with E-state index in [4.69, 9.17) is 4.74 Å². The number of hydrogen-bond acceptors (Lipinski definition) is 3. The van der Waals surface area contributed by atoms with Crippen LogP contribution in [0.3, 0.4) is 0 Å². The van der Waals surface area contributed by atoms with Gasteiger partial charge in [0.2, 0.25) is 0 Å². The van der Waals surface area contributed by atoms with Crippen LogP contribution in [-0.4, -0.2) is 33.7 Å². The van der Waals surface area contributed by atoms with Crippen LogP contribution in [-0.2, 0) is 9.53 Å². The number of ether oxygens (including phenoxy) is 1. The van der Waals surface area contributed by atoms with Gasteiger partial charge in [-0.1, -0.05) is 12.1 Å². The van der Waals surface area contributed by atoms with Crippen LogP contribution in [0.15, 0.2) is 24.3 Å². The van der Waals surface area contributed by atoms with Gasteiger partial charge in [0, 0.05) is 0 Å². The molecule has 1 aliphatic heterocycles. The van der Waals surface area contributed by atoms with Gasteiger partial charge in [-0.2, -0.15) is 0 Å². The number of aliphatic carboxylic acids is 1. The van der Waals surface area contributed by atoms with Crippen molar-refractivity contribution >= 4 is 12.1 Å². The first-order valence-electron chi connectivity index (χ1n) is 7.18. The predicted molar refractivity (Wildman–Crippen MR) is 77.9 cm³/mol. The monoisotopic (exact) mass is 309 g/mol. The van der Waals surface area contributed by atoms with Gasteiger partial charge < -0.3 is 9.84 Å². The molecule has 1 aromatic carbocycles. The summed E-state index contributed by atoms with van der Waals surface area (Å²) >= 11 is 0. The highest BCUT2D eigenvalue weighted by molar-refractivity contribution is 5.81. The number of rotatable bonds is 2. The summed E-state index contributed by atoms with van der Waals surface area (Å²) in [6, 6.07) is 4.42. The van der Waals surface area contributed by atoms with Gasteiger partial charge in [0.15, 0.2) is 0 Å². The molecule has 0 aromatic heterocycles. The van der Waals surface area contributed by atoms with Crippen molar-refractivity contribution in [2.45, 2.75) is 51.3 Å². The number of carboxylic acids is 1. The zero-order valence-electron chi connectivity index (χ0n) is 12.9. The van der Waals surface area contributed by atoms with Crippen LogP contribution >= 0.6 is 0 Å². The van der Waals surface area contributed by atoms with Gasteiger partial charge >= 0.3 is 12.1 Å². The molecule has 0 radical (unpaired) electrons. The summed E-state index contributed by atoms with van der Waals surface area (Å²) in [5, 5.41) is 9.33. The minimum absolute atomic E-state index is 0.315. The van der Waals surface area contributed by atoms with Crippen molar-refractivity contribution in [1.29, 1.82) is 0 Å². The molecular formula is C16H20FNO4. The van der Waals surface area contributed by atoms with E-state index >= 15 is 0 Å². The SMILES string of the molecule is CC(C)(C)OC(=O)N1C(c2cccc(F)c2)CC[C@H]1C(=O)O. The number of benzene rings is 1. The summed E-state index contributed by atoms with van der Waals surface area (Å²) in [7, 11) is 0. The molecule has 0 spiro atoms. The number of carboxylic acid groups (broad SMARTS) is 1. The zero-order chi connectivity index (χ0) is 16.5. The lowest BCUT2D eigenvalue weighted by Crippen LogP contribution is -2.44. The second kappa shape index (κ2) is 5.94. The average molecular weight is 309 g/mol. The van der Waals surface area contributed by atoms with Crippen molar-refractivity contribution in [2.24, 2.45) is 0 Å². The highest BCUT2D eigenvalue weighted by atomic mass is 19.1. The second-order valence-corrected chi connectivity index (χ2v) is 6.39. The maximum absolute atomic E-state index is 13.4. The maximum Gasteiger partial charge on any atom is 0.411 e. The van der Waals surface area contributed by atoms with E-state index in [9.17, 15) is 19.1 Å². The second-order valence-electron chi connectivity index (χ2n) is 6.39. The highest BCUT2D eigenvalue weighted by Gasteiger charge is 2.43. The molecular weight excluding hydrogens is 289 g/mol. The summed E-state index contributed by atoms with van der Waals surface area (Å²) < 4.78 is 18.7. The average Bonchev–Trinajstić information content (AvgIpc) is 2.81. The fourth-order valence-electron chi connectivity index (χ4n) is 2.66. The molecule has 1 unspecified atom stereocenters. The van der Waals surface area contributed by atoms with Gasteiger partial charge in [-0.25, -0.2) is 14.0 Å². The molecule has 22 heavy (non-hydrogen) atoms. The summed E-state index contributed by atoms with van der Waals surface area (Å²) in [6.07, 6.45) is 0.0850. The van der Waals surface area contributed by atoms with Crippen molar-refractivity contribution in [3.63, 3.8) is 0 Å². The third-order valence-corrected chi connectivity index (χ3v) is 3.51. The Labute approximate surface area is 128 Å². The van der Waals surface area contributed by atoms with E-state index in [0.717, 1.165) is 0 Å². The van der Waals surface area contributed by atoms with E-state index in [1.807, 2.05) is 0 Å². The number of hydrogen-bond donors (Lipinski definition) is 1. The van der Waals surface area contributed by atoms with Crippen molar-refractivity contribution in [1.82, 2.24) is 4.90 Å². The third kappa shape index (κ3) is 3.55. The molecule has 2 atom stereocenters. The highest BCUT2D eigenvalue weighted by Crippen LogP contribution is 2.37. The quantitative estimate of drug-likeness (QED) is 0.909. The number of carbonyl (C=O) groups is 2. The molecule has 1 saturated heterocycles.